The van der Waals surface area contributed by atoms with Crippen molar-refractivity contribution in [1.29, 1.82) is 0 Å². The molecule has 19 heavy (non-hydrogen) atoms. The second kappa shape index (κ2) is 6.87. The van der Waals surface area contributed by atoms with Gasteiger partial charge in [0.25, 0.3) is 7.72 Å². The van der Waals surface area contributed by atoms with E-state index in [0.717, 1.165) is 12.8 Å². The zero-order chi connectivity index (χ0) is 15.5. The maximum absolute atomic E-state index is 10.3. The van der Waals surface area contributed by atoms with Gasteiger partial charge in [0.2, 0.25) is 0 Å². The van der Waals surface area contributed by atoms with Crippen LogP contribution in [0.5, 0.6) is 0 Å². The minimum absolute atomic E-state index is 0.260. The van der Waals surface area contributed by atoms with Gasteiger partial charge >= 0.3 is 0 Å². The van der Waals surface area contributed by atoms with Crippen molar-refractivity contribution in [1.82, 2.24) is 0 Å². The van der Waals surface area contributed by atoms with Gasteiger partial charge < -0.3 is 0 Å². The van der Waals surface area contributed by atoms with Crippen LogP contribution < -0.4 is 0 Å². The molecule has 0 fully saturated rings. The second-order valence-electron chi connectivity index (χ2n) is 8.98. The van der Waals surface area contributed by atoms with Crippen LogP contribution in [-0.2, 0) is 0 Å². The summed E-state index contributed by atoms with van der Waals surface area (Å²) < 4.78 is 0. The average Bonchev–Trinajstić information content (AvgIpc) is 1.89. The first-order valence-electron chi connectivity index (χ1n) is 7.53. The van der Waals surface area contributed by atoms with Crippen LogP contribution in [0.1, 0.15) is 68.2 Å². The lowest BCUT2D eigenvalue weighted by molar-refractivity contribution is 0.303. The molecule has 2 N–H and O–H groups in total. The highest BCUT2D eigenvalue weighted by Crippen LogP contribution is 2.54. The predicted molar refractivity (Wildman–Crippen MR) is 87.6 cm³/mol. The average molecular weight is 291 g/mol. The van der Waals surface area contributed by atoms with Crippen LogP contribution in [0.2, 0.25) is 0 Å². The summed E-state index contributed by atoms with van der Waals surface area (Å²) in [5.74, 6) is 0.760. The van der Waals surface area contributed by atoms with Gasteiger partial charge in [-0.25, -0.2) is 9.79 Å². The van der Waals surface area contributed by atoms with E-state index < -0.39 is 7.72 Å². The summed E-state index contributed by atoms with van der Waals surface area (Å²) in [5.41, 5.74) is 0.521. The standard InChI is InChI=1S/C16H36O2P/c1-13(9-15(3,4)5)11-19(17,18)12-14(2)10-16(6,7)8/h13-14,17-18H,9-12H2,1-8H3/q+1. The lowest BCUT2D eigenvalue weighted by Crippen LogP contribution is -2.20. The van der Waals surface area contributed by atoms with Gasteiger partial charge in [0.1, 0.15) is 12.3 Å². The van der Waals surface area contributed by atoms with Crippen LogP contribution in [0.4, 0.5) is 0 Å². The molecule has 0 amide bonds. The number of rotatable bonds is 6. The third-order valence-electron chi connectivity index (χ3n) is 3.13. The van der Waals surface area contributed by atoms with E-state index in [9.17, 15) is 9.79 Å². The first-order chi connectivity index (χ1) is 8.20. The molecule has 2 atom stereocenters. The van der Waals surface area contributed by atoms with Gasteiger partial charge in [0, 0.05) is 0 Å². The highest BCUT2D eigenvalue weighted by Gasteiger charge is 2.38. The van der Waals surface area contributed by atoms with Gasteiger partial charge in [-0.1, -0.05) is 55.4 Å². The molecule has 0 bridgehead atoms. The summed E-state index contributed by atoms with van der Waals surface area (Å²) in [5, 5.41) is 0. The molecule has 0 heterocycles. The van der Waals surface area contributed by atoms with Crippen molar-refractivity contribution < 1.29 is 9.79 Å². The molecule has 0 radical (unpaired) electrons. The van der Waals surface area contributed by atoms with Crippen LogP contribution in [-0.4, -0.2) is 22.1 Å². The normalized spacial score (nSPS) is 17.4. The molecule has 116 valence electrons. The fraction of sp³-hybridized carbons (Fsp3) is 1.00. The molecule has 0 aromatic carbocycles. The Balaban J connectivity index is 4.31. The molecule has 0 saturated heterocycles. The van der Waals surface area contributed by atoms with Crippen LogP contribution in [0.15, 0.2) is 0 Å². The number of hydrogen-bond acceptors (Lipinski definition) is 2. The summed E-state index contributed by atoms with van der Waals surface area (Å²) in [6.07, 6.45) is 3.25. The van der Waals surface area contributed by atoms with Crippen molar-refractivity contribution in [3.05, 3.63) is 0 Å². The van der Waals surface area contributed by atoms with Gasteiger partial charge in [0.15, 0.2) is 0 Å². The minimum atomic E-state index is -2.73. The third-order valence-corrected chi connectivity index (χ3v) is 5.55. The van der Waals surface area contributed by atoms with E-state index >= 15 is 0 Å². The molecule has 0 aromatic rings. The fourth-order valence-electron chi connectivity index (χ4n) is 3.29. The maximum Gasteiger partial charge on any atom is 0.268 e. The van der Waals surface area contributed by atoms with Crippen LogP contribution >= 0.6 is 7.72 Å². The van der Waals surface area contributed by atoms with E-state index in [2.05, 4.69) is 55.4 Å². The number of hydrogen-bond donors (Lipinski definition) is 2. The highest BCUT2D eigenvalue weighted by atomic mass is 31.2. The quantitative estimate of drug-likeness (QED) is 0.679. The van der Waals surface area contributed by atoms with E-state index in [1.165, 1.54) is 0 Å². The van der Waals surface area contributed by atoms with E-state index in [0.29, 0.717) is 24.2 Å². The zero-order valence-electron chi connectivity index (χ0n) is 14.3. The Kier molecular flexibility index (Phi) is 7.00. The lowest BCUT2D eigenvalue weighted by atomic mass is 9.86. The van der Waals surface area contributed by atoms with Gasteiger partial charge in [-0.2, -0.15) is 0 Å². The Morgan fingerprint density at radius 1 is 0.737 bits per heavy atom. The topological polar surface area (TPSA) is 40.5 Å². The van der Waals surface area contributed by atoms with Crippen molar-refractivity contribution in [3.63, 3.8) is 0 Å². The van der Waals surface area contributed by atoms with E-state index in [1.54, 1.807) is 0 Å². The van der Waals surface area contributed by atoms with Gasteiger partial charge in [-0.05, 0) is 35.5 Å². The molecule has 2 unspecified atom stereocenters. The van der Waals surface area contributed by atoms with Crippen molar-refractivity contribution in [2.45, 2.75) is 68.2 Å². The molecule has 0 aliphatic carbocycles. The first kappa shape index (κ1) is 19.4. The molecule has 0 saturated carbocycles. The Labute approximate surface area is 121 Å². The summed E-state index contributed by atoms with van der Waals surface area (Å²) in [4.78, 5) is 20.6. The monoisotopic (exact) mass is 291 g/mol. The molecule has 0 aromatic heterocycles. The van der Waals surface area contributed by atoms with Gasteiger partial charge in [-0.3, -0.25) is 0 Å². The summed E-state index contributed by atoms with van der Waals surface area (Å²) in [7, 11) is -2.73. The minimum Gasteiger partial charge on any atom is -0.220 e. The van der Waals surface area contributed by atoms with Crippen LogP contribution in [0, 0.1) is 22.7 Å². The van der Waals surface area contributed by atoms with Gasteiger partial charge in [-0.15, -0.1) is 0 Å². The summed E-state index contributed by atoms with van der Waals surface area (Å²) >= 11 is 0. The second-order valence-corrected chi connectivity index (χ2v) is 11.5. The predicted octanol–water partition coefficient (Wildman–Crippen LogP) is 4.96. The third kappa shape index (κ3) is 11.8. The van der Waals surface area contributed by atoms with Crippen molar-refractivity contribution in [2.75, 3.05) is 12.3 Å². The molecule has 3 heteroatoms. The van der Waals surface area contributed by atoms with E-state index in [-0.39, 0.29) is 10.8 Å². The summed E-state index contributed by atoms with van der Waals surface area (Å²) in [6, 6.07) is 0. The van der Waals surface area contributed by atoms with Crippen LogP contribution in [0.25, 0.3) is 0 Å². The Bertz CT molecular complexity index is 235. The maximum atomic E-state index is 10.3. The molecule has 0 aliphatic rings. The molecular weight excluding hydrogens is 255 g/mol. The fourth-order valence-corrected chi connectivity index (χ4v) is 5.70. The Morgan fingerprint density at radius 2 is 1.00 bits per heavy atom. The summed E-state index contributed by atoms with van der Waals surface area (Å²) in [6.45, 7) is 17.5. The first-order valence-corrected chi connectivity index (χ1v) is 9.59. The Morgan fingerprint density at radius 3 is 1.21 bits per heavy atom. The largest absolute Gasteiger partial charge is 0.268 e. The molecule has 0 spiro atoms. The van der Waals surface area contributed by atoms with Gasteiger partial charge in [0.05, 0.1) is 0 Å². The molecule has 0 rings (SSSR count). The highest BCUT2D eigenvalue weighted by molar-refractivity contribution is 7.64. The van der Waals surface area contributed by atoms with Crippen molar-refractivity contribution >= 4 is 7.72 Å². The smallest absolute Gasteiger partial charge is 0.220 e. The molecule has 0 aliphatic heterocycles. The van der Waals surface area contributed by atoms with Crippen molar-refractivity contribution in [3.8, 4) is 0 Å². The van der Waals surface area contributed by atoms with Crippen LogP contribution in [0.3, 0.4) is 0 Å². The SMILES string of the molecule is CC(CC(C)(C)C)C[P+](O)(O)CC(C)CC(C)(C)C. The van der Waals surface area contributed by atoms with Crippen molar-refractivity contribution in [2.24, 2.45) is 22.7 Å². The lowest BCUT2D eigenvalue weighted by Gasteiger charge is -2.27. The zero-order valence-corrected chi connectivity index (χ0v) is 15.2. The Hall–Kier alpha value is 0.350. The molecule has 2 nitrogen and oxygen atoms in total. The molecular formula is C16H36O2P+. The van der Waals surface area contributed by atoms with E-state index in [4.69, 9.17) is 0 Å². The van der Waals surface area contributed by atoms with E-state index in [1.807, 2.05) is 0 Å².